The first-order valence-corrected chi connectivity index (χ1v) is 9.90. The molecule has 6 nitrogen and oxygen atoms in total. The average molecular weight is 379 g/mol. The van der Waals surface area contributed by atoms with E-state index in [1.807, 2.05) is 42.0 Å². The smallest absolute Gasteiger partial charge is 0.140 e. The minimum absolute atomic E-state index is 0.274. The van der Waals surface area contributed by atoms with Gasteiger partial charge in [0.05, 0.1) is 6.04 Å². The molecule has 1 fully saturated rings. The summed E-state index contributed by atoms with van der Waals surface area (Å²) in [6, 6.07) is 9.81. The van der Waals surface area contributed by atoms with Crippen molar-refractivity contribution in [2.24, 2.45) is 0 Å². The van der Waals surface area contributed by atoms with Crippen LogP contribution in [-0.2, 0) is 13.0 Å². The molecule has 1 aliphatic heterocycles. The van der Waals surface area contributed by atoms with E-state index in [2.05, 4.69) is 16.4 Å². The number of ether oxygens (including phenoxy) is 1. The Morgan fingerprint density at radius 3 is 2.96 bits per heavy atom. The van der Waals surface area contributed by atoms with E-state index in [1.54, 1.807) is 6.20 Å². The molecule has 0 saturated heterocycles. The van der Waals surface area contributed by atoms with Gasteiger partial charge in [-0.25, -0.2) is 4.98 Å². The SMILES string of the molecule is Cc1ccnc2c1ccn2[C@@H]1C[C@H](Oc2cccc3c2CNCC3)[C@@H](O)[C@H]1O. The van der Waals surface area contributed by atoms with Crippen molar-refractivity contribution in [2.45, 2.75) is 50.7 Å². The molecule has 5 rings (SSSR count). The summed E-state index contributed by atoms with van der Waals surface area (Å²) in [6.45, 7) is 3.79. The second-order valence-corrected chi connectivity index (χ2v) is 7.85. The Morgan fingerprint density at radius 2 is 2.07 bits per heavy atom. The van der Waals surface area contributed by atoms with Gasteiger partial charge in [0.15, 0.2) is 0 Å². The quantitative estimate of drug-likeness (QED) is 0.650. The number of fused-ring (bicyclic) bond motifs is 2. The largest absolute Gasteiger partial charge is 0.487 e. The summed E-state index contributed by atoms with van der Waals surface area (Å²) in [4.78, 5) is 4.49. The molecule has 0 amide bonds. The Balaban J connectivity index is 1.43. The highest BCUT2D eigenvalue weighted by Crippen LogP contribution is 2.37. The molecule has 3 N–H and O–H groups in total. The summed E-state index contributed by atoms with van der Waals surface area (Å²) in [7, 11) is 0. The first kappa shape index (κ1) is 17.7. The molecule has 1 saturated carbocycles. The van der Waals surface area contributed by atoms with Gasteiger partial charge in [-0.05, 0) is 49.2 Å². The highest BCUT2D eigenvalue weighted by atomic mass is 16.5. The van der Waals surface area contributed by atoms with Gasteiger partial charge in [0, 0.05) is 36.3 Å². The average Bonchev–Trinajstić information content (AvgIpc) is 3.26. The summed E-state index contributed by atoms with van der Waals surface area (Å²) in [5.74, 6) is 0.799. The van der Waals surface area contributed by atoms with Crippen molar-refractivity contribution in [3.63, 3.8) is 0 Å². The normalized spacial score (nSPS) is 27.1. The van der Waals surface area contributed by atoms with E-state index in [-0.39, 0.29) is 6.04 Å². The zero-order chi connectivity index (χ0) is 19.3. The molecule has 2 aromatic heterocycles. The molecular formula is C22H25N3O3. The standard InChI is InChI=1S/C22H25N3O3/c1-13-5-9-24-22-15(13)7-10-25(22)17-11-19(21(27)20(17)26)28-18-4-2-3-14-6-8-23-12-16(14)18/h2-5,7,9-10,17,19-21,23,26-27H,6,8,11-12H2,1H3/t17-,19+,20+,21-/m1/s1. The number of rotatable bonds is 3. The molecular weight excluding hydrogens is 354 g/mol. The topological polar surface area (TPSA) is 79.5 Å². The Hall–Kier alpha value is -2.41. The van der Waals surface area contributed by atoms with Crippen molar-refractivity contribution in [3.8, 4) is 5.75 Å². The molecule has 6 heteroatoms. The number of pyridine rings is 1. The van der Waals surface area contributed by atoms with E-state index in [0.717, 1.165) is 47.4 Å². The number of aliphatic hydroxyl groups excluding tert-OH is 2. The van der Waals surface area contributed by atoms with Crippen LogP contribution in [0.5, 0.6) is 5.75 Å². The van der Waals surface area contributed by atoms with Crippen LogP contribution >= 0.6 is 0 Å². The lowest BCUT2D eigenvalue weighted by Gasteiger charge is -2.24. The third-order valence-electron chi connectivity index (χ3n) is 6.17. The number of aromatic nitrogens is 2. The van der Waals surface area contributed by atoms with Gasteiger partial charge in [-0.3, -0.25) is 0 Å². The van der Waals surface area contributed by atoms with Crippen molar-refractivity contribution in [1.82, 2.24) is 14.9 Å². The summed E-state index contributed by atoms with van der Waals surface area (Å²) in [5, 5.41) is 25.9. The van der Waals surface area contributed by atoms with Crippen LogP contribution in [-0.4, -0.2) is 44.6 Å². The number of hydrogen-bond acceptors (Lipinski definition) is 5. The summed E-state index contributed by atoms with van der Waals surface area (Å²) >= 11 is 0. The van der Waals surface area contributed by atoms with Crippen LogP contribution in [0.3, 0.4) is 0 Å². The molecule has 1 aliphatic carbocycles. The maximum atomic E-state index is 10.8. The molecule has 146 valence electrons. The van der Waals surface area contributed by atoms with E-state index >= 15 is 0 Å². The molecule has 0 unspecified atom stereocenters. The predicted octanol–water partition coefficient (Wildman–Crippen LogP) is 2.10. The molecule has 3 heterocycles. The molecule has 0 bridgehead atoms. The molecule has 0 radical (unpaired) electrons. The molecule has 1 aromatic carbocycles. The number of aryl methyl sites for hydroxylation is 1. The molecule has 3 aromatic rings. The van der Waals surface area contributed by atoms with Crippen molar-refractivity contribution < 1.29 is 14.9 Å². The minimum Gasteiger partial charge on any atom is -0.487 e. The zero-order valence-electron chi connectivity index (χ0n) is 15.9. The number of nitrogens with one attached hydrogen (secondary N) is 1. The highest BCUT2D eigenvalue weighted by Gasteiger charge is 2.44. The van der Waals surface area contributed by atoms with E-state index in [9.17, 15) is 10.2 Å². The summed E-state index contributed by atoms with van der Waals surface area (Å²) < 4.78 is 8.21. The van der Waals surface area contributed by atoms with Crippen LogP contribution in [0.25, 0.3) is 11.0 Å². The maximum absolute atomic E-state index is 10.8. The second kappa shape index (κ2) is 6.88. The van der Waals surface area contributed by atoms with Gasteiger partial charge >= 0.3 is 0 Å². The van der Waals surface area contributed by atoms with Crippen LogP contribution < -0.4 is 10.1 Å². The van der Waals surface area contributed by atoms with E-state index in [0.29, 0.717) is 6.42 Å². The Morgan fingerprint density at radius 1 is 1.18 bits per heavy atom. The van der Waals surface area contributed by atoms with Crippen molar-refractivity contribution in [2.75, 3.05) is 6.54 Å². The van der Waals surface area contributed by atoms with Gasteiger partial charge in [-0.2, -0.15) is 0 Å². The predicted molar refractivity (Wildman–Crippen MR) is 106 cm³/mol. The summed E-state index contributed by atoms with van der Waals surface area (Å²) in [6.07, 6.45) is 2.92. The zero-order valence-corrected chi connectivity index (χ0v) is 15.9. The van der Waals surface area contributed by atoms with Crippen molar-refractivity contribution in [3.05, 3.63) is 59.4 Å². The molecule has 4 atom stereocenters. The van der Waals surface area contributed by atoms with Crippen LogP contribution in [0.2, 0.25) is 0 Å². The first-order chi connectivity index (χ1) is 13.6. The van der Waals surface area contributed by atoms with Crippen LogP contribution in [0.1, 0.15) is 29.2 Å². The van der Waals surface area contributed by atoms with Gasteiger partial charge in [-0.1, -0.05) is 12.1 Å². The van der Waals surface area contributed by atoms with E-state index < -0.39 is 18.3 Å². The van der Waals surface area contributed by atoms with E-state index in [1.165, 1.54) is 5.56 Å². The van der Waals surface area contributed by atoms with Crippen LogP contribution in [0.15, 0.2) is 42.7 Å². The number of aliphatic hydroxyl groups is 2. The monoisotopic (exact) mass is 379 g/mol. The third-order valence-corrected chi connectivity index (χ3v) is 6.17. The molecule has 28 heavy (non-hydrogen) atoms. The Labute approximate surface area is 163 Å². The van der Waals surface area contributed by atoms with Crippen LogP contribution in [0.4, 0.5) is 0 Å². The number of hydrogen-bond donors (Lipinski definition) is 3. The van der Waals surface area contributed by atoms with Gasteiger partial charge in [0.2, 0.25) is 0 Å². The number of nitrogens with zero attached hydrogens (tertiary/aromatic N) is 2. The summed E-state index contributed by atoms with van der Waals surface area (Å²) in [5.41, 5.74) is 4.42. The molecule has 0 spiro atoms. The van der Waals surface area contributed by atoms with Crippen molar-refractivity contribution >= 4 is 11.0 Å². The number of benzene rings is 1. The van der Waals surface area contributed by atoms with E-state index in [4.69, 9.17) is 4.74 Å². The second-order valence-electron chi connectivity index (χ2n) is 7.85. The Kier molecular flexibility index (Phi) is 4.34. The lowest BCUT2D eigenvalue weighted by molar-refractivity contribution is -0.0166. The van der Waals surface area contributed by atoms with Gasteiger partial charge < -0.3 is 24.8 Å². The third kappa shape index (κ3) is 2.80. The van der Waals surface area contributed by atoms with Gasteiger partial charge in [0.1, 0.15) is 29.7 Å². The Bertz CT molecular complexity index is 1020. The first-order valence-electron chi connectivity index (χ1n) is 9.90. The molecule has 2 aliphatic rings. The van der Waals surface area contributed by atoms with Crippen molar-refractivity contribution in [1.29, 1.82) is 0 Å². The van der Waals surface area contributed by atoms with Gasteiger partial charge in [0.25, 0.3) is 0 Å². The van der Waals surface area contributed by atoms with Crippen LogP contribution in [0, 0.1) is 6.92 Å². The van der Waals surface area contributed by atoms with Gasteiger partial charge in [-0.15, -0.1) is 0 Å². The fourth-order valence-corrected chi connectivity index (χ4v) is 4.58. The minimum atomic E-state index is -0.945. The lowest BCUT2D eigenvalue weighted by Crippen LogP contribution is -2.34. The maximum Gasteiger partial charge on any atom is 0.140 e. The lowest BCUT2D eigenvalue weighted by atomic mass is 10.0. The fourth-order valence-electron chi connectivity index (χ4n) is 4.58. The highest BCUT2D eigenvalue weighted by molar-refractivity contribution is 5.79. The fraction of sp³-hybridized carbons (Fsp3) is 0.409.